The molecular weight excluding hydrogens is 265 g/mol. The fourth-order valence-electron chi connectivity index (χ4n) is 2.39. The minimum Gasteiger partial charge on any atom is -0.371 e. The van der Waals surface area contributed by atoms with Crippen molar-refractivity contribution in [1.29, 1.82) is 0 Å². The van der Waals surface area contributed by atoms with Crippen molar-refractivity contribution in [3.63, 3.8) is 0 Å². The molecule has 1 fully saturated rings. The highest BCUT2D eigenvalue weighted by Gasteiger charge is 2.30. The largest absolute Gasteiger partial charge is 0.371 e. The Bertz CT molecular complexity index is 743. The molecule has 2 heterocycles. The van der Waals surface area contributed by atoms with Gasteiger partial charge < -0.3 is 10.4 Å². The molecule has 6 nitrogen and oxygen atoms in total. The number of halogens is 1. The van der Waals surface area contributed by atoms with Crippen molar-refractivity contribution >= 4 is 16.7 Å². The van der Waals surface area contributed by atoms with Crippen molar-refractivity contribution < 1.29 is 14.3 Å². The highest BCUT2D eigenvalue weighted by atomic mass is 19.1. The Morgan fingerprint density at radius 1 is 1.40 bits per heavy atom. The van der Waals surface area contributed by atoms with E-state index in [0.29, 0.717) is 11.8 Å². The van der Waals surface area contributed by atoms with Crippen LogP contribution in [0.4, 0.5) is 4.39 Å². The topological polar surface area (TPSA) is 84.2 Å². The van der Waals surface area contributed by atoms with E-state index in [0.717, 1.165) is 10.7 Å². The number of fused-ring (bicyclic) bond motifs is 1. The molecule has 1 aliphatic heterocycles. The summed E-state index contributed by atoms with van der Waals surface area (Å²) in [5.74, 6) is -0.779. The zero-order valence-electron chi connectivity index (χ0n) is 10.4. The Morgan fingerprint density at radius 3 is 2.95 bits per heavy atom. The van der Waals surface area contributed by atoms with Crippen LogP contribution < -0.4 is 10.9 Å². The summed E-state index contributed by atoms with van der Waals surface area (Å²) in [4.78, 5) is 23.5. The van der Waals surface area contributed by atoms with Gasteiger partial charge in [0.15, 0.2) is 0 Å². The zero-order valence-corrected chi connectivity index (χ0v) is 10.4. The first-order valence-corrected chi connectivity index (χ1v) is 6.21. The van der Waals surface area contributed by atoms with Crippen LogP contribution in [-0.2, 0) is 4.79 Å². The van der Waals surface area contributed by atoms with Gasteiger partial charge in [0.2, 0.25) is 5.91 Å². The second kappa shape index (κ2) is 4.68. The lowest BCUT2D eigenvalue weighted by molar-refractivity contribution is -0.128. The van der Waals surface area contributed by atoms with Crippen LogP contribution in [0.15, 0.2) is 29.2 Å². The summed E-state index contributed by atoms with van der Waals surface area (Å²) in [5, 5.41) is 16.9. The van der Waals surface area contributed by atoms with E-state index < -0.39 is 23.6 Å². The molecule has 0 radical (unpaired) electrons. The summed E-state index contributed by atoms with van der Waals surface area (Å²) >= 11 is 0. The molecule has 3 rings (SSSR count). The second-order valence-corrected chi connectivity index (χ2v) is 4.74. The number of amides is 1. The molecule has 2 N–H and O–H groups in total. The van der Waals surface area contributed by atoms with E-state index in [1.54, 1.807) is 0 Å². The minimum absolute atomic E-state index is 0.198. The molecule has 1 saturated heterocycles. The monoisotopic (exact) mass is 277 g/mol. The molecule has 2 atom stereocenters. The smallest absolute Gasteiger partial charge is 0.275 e. The van der Waals surface area contributed by atoms with Gasteiger partial charge >= 0.3 is 0 Å². The number of aliphatic hydroxyl groups excluding tert-OH is 1. The molecule has 0 saturated carbocycles. The van der Waals surface area contributed by atoms with E-state index in [2.05, 4.69) is 10.4 Å². The minimum atomic E-state index is -1.17. The van der Waals surface area contributed by atoms with Crippen LogP contribution in [0, 0.1) is 5.82 Å². The standard InChI is InChI=1S/C13H12FN3O3/c14-8-2-1-7-6-15-17(13(20)9(7)5-8)10-3-4-11(18)16-12(10)19/h1-2,5-6,10,12,19H,3-4H2,(H,16,18). The summed E-state index contributed by atoms with van der Waals surface area (Å²) in [6.07, 6.45) is 0.782. The van der Waals surface area contributed by atoms with Gasteiger partial charge in [-0.3, -0.25) is 9.59 Å². The first kappa shape index (κ1) is 12.7. The lowest BCUT2D eigenvalue weighted by Gasteiger charge is -2.28. The third kappa shape index (κ3) is 2.05. The number of nitrogens with zero attached hydrogens (tertiary/aromatic N) is 2. The predicted octanol–water partition coefficient (Wildman–Crippen LogP) is 0.305. The number of aromatic nitrogens is 2. The number of rotatable bonds is 1. The quantitative estimate of drug-likeness (QED) is 0.785. The van der Waals surface area contributed by atoms with E-state index >= 15 is 0 Å². The predicted molar refractivity (Wildman–Crippen MR) is 68.4 cm³/mol. The number of aliphatic hydroxyl groups is 1. The fourth-order valence-corrected chi connectivity index (χ4v) is 2.39. The average Bonchev–Trinajstić information content (AvgIpc) is 2.41. The Kier molecular flexibility index (Phi) is 2.98. The second-order valence-electron chi connectivity index (χ2n) is 4.74. The number of carbonyl (C=O) groups is 1. The van der Waals surface area contributed by atoms with Gasteiger partial charge in [0.25, 0.3) is 5.56 Å². The molecule has 0 spiro atoms. The maximum atomic E-state index is 13.2. The van der Waals surface area contributed by atoms with E-state index in [4.69, 9.17) is 0 Å². The van der Waals surface area contributed by atoms with Gasteiger partial charge in [-0.2, -0.15) is 5.10 Å². The lowest BCUT2D eigenvalue weighted by atomic mass is 10.1. The lowest BCUT2D eigenvalue weighted by Crippen LogP contribution is -2.48. The molecule has 1 amide bonds. The summed E-state index contributed by atoms with van der Waals surface area (Å²) in [6.45, 7) is 0. The number of benzene rings is 1. The van der Waals surface area contributed by atoms with Crippen molar-refractivity contribution in [2.45, 2.75) is 25.1 Å². The van der Waals surface area contributed by atoms with E-state index in [-0.39, 0.29) is 17.7 Å². The summed E-state index contributed by atoms with van der Waals surface area (Å²) < 4.78 is 14.3. The van der Waals surface area contributed by atoms with E-state index in [9.17, 15) is 19.1 Å². The fraction of sp³-hybridized carbons (Fsp3) is 0.308. The van der Waals surface area contributed by atoms with Crippen molar-refractivity contribution in [1.82, 2.24) is 15.1 Å². The molecular formula is C13H12FN3O3. The molecule has 104 valence electrons. The van der Waals surface area contributed by atoms with Gasteiger partial charge in [-0.1, -0.05) is 0 Å². The Balaban J connectivity index is 2.10. The summed E-state index contributed by atoms with van der Waals surface area (Å²) in [6, 6.07) is 3.23. The molecule has 2 unspecified atom stereocenters. The van der Waals surface area contributed by atoms with Crippen LogP contribution in [-0.4, -0.2) is 27.0 Å². The first-order valence-electron chi connectivity index (χ1n) is 6.21. The maximum absolute atomic E-state index is 13.2. The summed E-state index contributed by atoms with van der Waals surface area (Å²) in [5.41, 5.74) is -0.484. The Morgan fingerprint density at radius 2 is 2.20 bits per heavy atom. The number of carbonyl (C=O) groups excluding carboxylic acids is 1. The van der Waals surface area contributed by atoms with Crippen molar-refractivity contribution in [2.24, 2.45) is 0 Å². The molecule has 0 aliphatic carbocycles. The Hall–Kier alpha value is -2.28. The van der Waals surface area contributed by atoms with Crippen molar-refractivity contribution in [3.05, 3.63) is 40.6 Å². The van der Waals surface area contributed by atoms with Crippen LogP contribution in [0.3, 0.4) is 0 Å². The molecule has 20 heavy (non-hydrogen) atoms. The van der Waals surface area contributed by atoms with Crippen LogP contribution in [0.5, 0.6) is 0 Å². The molecule has 1 aromatic heterocycles. The summed E-state index contributed by atoms with van der Waals surface area (Å²) in [7, 11) is 0. The number of nitrogens with one attached hydrogen (secondary N) is 1. The third-order valence-electron chi connectivity index (χ3n) is 3.43. The number of hydrogen-bond donors (Lipinski definition) is 2. The molecule has 0 bridgehead atoms. The zero-order chi connectivity index (χ0) is 14.3. The first-order chi connectivity index (χ1) is 9.56. The average molecular weight is 277 g/mol. The van der Waals surface area contributed by atoms with Crippen molar-refractivity contribution in [3.8, 4) is 0 Å². The van der Waals surface area contributed by atoms with Crippen LogP contribution in [0.2, 0.25) is 0 Å². The van der Waals surface area contributed by atoms with Crippen LogP contribution in [0.25, 0.3) is 10.8 Å². The normalized spacial score (nSPS) is 22.8. The highest BCUT2D eigenvalue weighted by Crippen LogP contribution is 2.20. The third-order valence-corrected chi connectivity index (χ3v) is 3.43. The van der Waals surface area contributed by atoms with E-state index in [1.807, 2.05) is 0 Å². The van der Waals surface area contributed by atoms with Gasteiger partial charge in [-0.15, -0.1) is 0 Å². The van der Waals surface area contributed by atoms with Crippen LogP contribution >= 0.6 is 0 Å². The molecule has 2 aromatic rings. The van der Waals surface area contributed by atoms with Crippen molar-refractivity contribution in [2.75, 3.05) is 0 Å². The number of piperidine rings is 1. The van der Waals surface area contributed by atoms with Gasteiger partial charge in [0.05, 0.1) is 11.6 Å². The number of hydrogen-bond acceptors (Lipinski definition) is 4. The van der Waals surface area contributed by atoms with Gasteiger partial charge in [0.1, 0.15) is 18.1 Å². The molecule has 1 aromatic carbocycles. The Labute approximate surface area is 112 Å². The maximum Gasteiger partial charge on any atom is 0.275 e. The highest BCUT2D eigenvalue weighted by molar-refractivity contribution is 5.80. The SMILES string of the molecule is O=C1CCC(n2ncc3ccc(F)cc3c2=O)C(O)N1. The molecule has 7 heteroatoms. The van der Waals surface area contributed by atoms with Gasteiger partial charge in [0, 0.05) is 11.8 Å². The van der Waals surface area contributed by atoms with Gasteiger partial charge in [-0.25, -0.2) is 9.07 Å². The molecule has 1 aliphatic rings. The van der Waals surface area contributed by atoms with Crippen LogP contribution in [0.1, 0.15) is 18.9 Å². The van der Waals surface area contributed by atoms with E-state index in [1.165, 1.54) is 18.3 Å². The van der Waals surface area contributed by atoms with Gasteiger partial charge in [-0.05, 0) is 24.6 Å².